The van der Waals surface area contributed by atoms with E-state index in [4.69, 9.17) is 10.5 Å². The molecule has 0 aliphatic carbocycles. The van der Waals surface area contributed by atoms with Gasteiger partial charge >= 0.3 is 11.9 Å². The van der Waals surface area contributed by atoms with Crippen molar-refractivity contribution < 1.29 is 29.6 Å². The summed E-state index contributed by atoms with van der Waals surface area (Å²) in [6.07, 6.45) is -0.481. The van der Waals surface area contributed by atoms with Gasteiger partial charge in [0.1, 0.15) is 12.1 Å². The normalized spacial score (nSPS) is 14.2. The van der Waals surface area contributed by atoms with Gasteiger partial charge in [0, 0.05) is 5.92 Å². The highest BCUT2D eigenvalue weighted by Crippen LogP contribution is 2.32. The molecule has 2 rings (SSSR count). The largest absolute Gasteiger partial charge is 0.504 e. The molecule has 0 saturated heterocycles. The van der Waals surface area contributed by atoms with E-state index in [0.717, 1.165) is 0 Å². The van der Waals surface area contributed by atoms with Crippen LogP contribution in [-0.2, 0) is 9.53 Å². The molecule has 0 heterocycles. The summed E-state index contributed by atoms with van der Waals surface area (Å²) in [6, 6.07) is 11.2. The van der Waals surface area contributed by atoms with Crippen LogP contribution >= 0.6 is 0 Å². The lowest BCUT2D eigenvalue weighted by atomic mass is 9.87. The van der Waals surface area contributed by atoms with Gasteiger partial charge in [0.2, 0.25) is 0 Å². The third-order valence-electron chi connectivity index (χ3n) is 4.05. The van der Waals surface area contributed by atoms with E-state index in [1.807, 2.05) is 0 Å². The van der Waals surface area contributed by atoms with Gasteiger partial charge in [-0.25, -0.2) is 4.79 Å². The van der Waals surface area contributed by atoms with Gasteiger partial charge in [-0.1, -0.05) is 24.3 Å². The second kappa shape index (κ2) is 8.35. The number of aromatic hydroxyl groups is 2. The molecule has 2 aromatic rings. The maximum atomic E-state index is 12.1. The molecule has 0 amide bonds. The van der Waals surface area contributed by atoms with Gasteiger partial charge in [0.25, 0.3) is 0 Å². The van der Waals surface area contributed by atoms with Crippen molar-refractivity contribution in [1.82, 2.24) is 0 Å². The first-order valence-corrected chi connectivity index (χ1v) is 8.06. The highest BCUT2D eigenvalue weighted by Gasteiger charge is 2.29. The van der Waals surface area contributed by atoms with E-state index >= 15 is 0 Å². The minimum absolute atomic E-state index is 0.135. The van der Waals surface area contributed by atoms with Crippen molar-refractivity contribution in [3.8, 4) is 11.5 Å². The minimum atomic E-state index is -1.27. The predicted molar refractivity (Wildman–Crippen MR) is 94.1 cm³/mol. The summed E-state index contributed by atoms with van der Waals surface area (Å²) in [7, 11) is 0. The predicted octanol–water partition coefficient (Wildman–Crippen LogP) is 2.23. The lowest BCUT2D eigenvalue weighted by molar-refractivity contribution is -0.139. The van der Waals surface area contributed by atoms with Crippen molar-refractivity contribution in [1.29, 1.82) is 0 Å². The van der Waals surface area contributed by atoms with Gasteiger partial charge in [0.05, 0.1) is 5.56 Å². The van der Waals surface area contributed by atoms with Crippen LogP contribution in [0, 0.1) is 0 Å². The van der Waals surface area contributed by atoms with E-state index < -0.39 is 30.0 Å². The van der Waals surface area contributed by atoms with Crippen molar-refractivity contribution in [3.63, 3.8) is 0 Å². The molecular formula is C19H21NO6. The number of phenolic OH excluding ortho intramolecular Hbond substituents is 2. The van der Waals surface area contributed by atoms with E-state index in [9.17, 15) is 24.9 Å². The van der Waals surface area contributed by atoms with Crippen LogP contribution in [0.25, 0.3) is 0 Å². The van der Waals surface area contributed by atoms with Crippen LogP contribution in [-0.4, -0.2) is 39.4 Å². The summed E-state index contributed by atoms with van der Waals surface area (Å²) < 4.78 is 5.37. The number of phenols is 2. The zero-order valence-electron chi connectivity index (χ0n) is 14.2. The first-order chi connectivity index (χ1) is 12.3. The molecule has 0 aromatic heterocycles. The minimum Gasteiger partial charge on any atom is -0.504 e. The fourth-order valence-corrected chi connectivity index (χ4v) is 2.66. The molecule has 0 aliphatic rings. The molecule has 2 aromatic carbocycles. The van der Waals surface area contributed by atoms with Gasteiger partial charge in [-0.15, -0.1) is 0 Å². The van der Waals surface area contributed by atoms with Crippen LogP contribution in [0.4, 0.5) is 0 Å². The number of carbonyl (C=O) groups is 2. The number of aliphatic carboxylic acids is 1. The Bertz CT molecular complexity index is 777. The first-order valence-electron chi connectivity index (χ1n) is 8.06. The van der Waals surface area contributed by atoms with Crippen molar-refractivity contribution in [3.05, 3.63) is 59.7 Å². The molecule has 0 saturated carbocycles. The van der Waals surface area contributed by atoms with Crippen molar-refractivity contribution in [2.45, 2.75) is 31.4 Å². The van der Waals surface area contributed by atoms with Gasteiger partial charge in [-0.2, -0.15) is 0 Å². The third kappa shape index (κ3) is 4.73. The Kier molecular flexibility index (Phi) is 6.19. The van der Waals surface area contributed by atoms with Gasteiger partial charge < -0.3 is 25.8 Å². The third-order valence-corrected chi connectivity index (χ3v) is 4.05. The zero-order valence-corrected chi connectivity index (χ0v) is 14.2. The average molecular weight is 359 g/mol. The van der Waals surface area contributed by atoms with Gasteiger partial charge in [-0.3, -0.25) is 4.79 Å². The highest BCUT2D eigenvalue weighted by atomic mass is 16.5. The van der Waals surface area contributed by atoms with Crippen LogP contribution in [0.5, 0.6) is 11.5 Å². The Morgan fingerprint density at radius 3 is 2.31 bits per heavy atom. The number of esters is 1. The summed E-state index contributed by atoms with van der Waals surface area (Å²) in [4.78, 5) is 23.5. The Morgan fingerprint density at radius 1 is 1.08 bits per heavy atom. The SMILES string of the molecule is C[C@@H](CC(c1ccc(O)c(O)c1)C(N)C(=O)O)OC(=O)c1ccccc1. The number of carboxylic acid groups (broad SMARTS) is 1. The number of rotatable bonds is 7. The second-order valence-electron chi connectivity index (χ2n) is 6.04. The molecule has 2 unspecified atom stereocenters. The maximum absolute atomic E-state index is 12.1. The number of ether oxygens (including phenoxy) is 1. The lowest BCUT2D eigenvalue weighted by Crippen LogP contribution is -2.38. The molecule has 138 valence electrons. The molecule has 0 spiro atoms. The Hall–Kier alpha value is -3.06. The number of carboxylic acids is 1. The standard InChI is InChI=1S/C19H21NO6/c1-11(26-19(25)12-5-3-2-4-6-12)9-14(17(20)18(23)24)13-7-8-15(21)16(22)10-13/h2-8,10-11,14,17,21-22H,9,20H2,1H3,(H,23,24)/t11-,14?,17?/m0/s1. The Balaban J connectivity index is 2.16. The van der Waals surface area contributed by atoms with Crippen LogP contribution in [0.1, 0.15) is 35.2 Å². The van der Waals surface area contributed by atoms with E-state index in [1.54, 1.807) is 37.3 Å². The van der Waals surface area contributed by atoms with Crippen molar-refractivity contribution >= 4 is 11.9 Å². The fourth-order valence-electron chi connectivity index (χ4n) is 2.66. The summed E-state index contributed by atoms with van der Waals surface area (Å²) >= 11 is 0. The van der Waals surface area contributed by atoms with Crippen LogP contribution in [0.2, 0.25) is 0 Å². The van der Waals surface area contributed by atoms with Crippen LogP contribution in [0.3, 0.4) is 0 Å². The number of carbonyl (C=O) groups excluding carboxylic acids is 1. The molecule has 0 radical (unpaired) electrons. The lowest BCUT2D eigenvalue weighted by Gasteiger charge is -2.25. The molecule has 0 aliphatic heterocycles. The summed E-state index contributed by atoms with van der Waals surface area (Å²) in [5, 5.41) is 28.4. The first kappa shape index (κ1) is 19.3. The van der Waals surface area contributed by atoms with E-state index in [-0.39, 0.29) is 17.9 Å². The van der Waals surface area contributed by atoms with Crippen molar-refractivity contribution in [2.75, 3.05) is 0 Å². The summed E-state index contributed by atoms with van der Waals surface area (Å²) in [5.74, 6) is -3.16. The number of nitrogens with two attached hydrogens (primary N) is 1. The topological polar surface area (TPSA) is 130 Å². The van der Waals surface area contributed by atoms with E-state index in [2.05, 4.69) is 0 Å². The molecule has 0 bridgehead atoms. The smallest absolute Gasteiger partial charge is 0.338 e. The van der Waals surface area contributed by atoms with Gasteiger partial charge in [0.15, 0.2) is 11.5 Å². The molecular weight excluding hydrogens is 338 g/mol. The number of hydrogen-bond donors (Lipinski definition) is 4. The van der Waals surface area contributed by atoms with E-state index in [1.165, 1.54) is 18.2 Å². The van der Waals surface area contributed by atoms with E-state index in [0.29, 0.717) is 11.1 Å². The van der Waals surface area contributed by atoms with Crippen LogP contribution < -0.4 is 5.73 Å². The van der Waals surface area contributed by atoms with Crippen molar-refractivity contribution in [2.24, 2.45) is 5.73 Å². The Morgan fingerprint density at radius 2 is 1.73 bits per heavy atom. The quantitative estimate of drug-likeness (QED) is 0.440. The number of benzene rings is 2. The molecule has 0 fully saturated rings. The molecule has 26 heavy (non-hydrogen) atoms. The molecule has 7 heteroatoms. The number of hydrogen-bond acceptors (Lipinski definition) is 6. The fraction of sp³-hybridized carbons (Fsp3) is 0.263. The maximum Gasteiger partial charge on any atom is 0.338 e. The molecule has 5 N–H and O–H groups in total. The summed E-state index contributed by atoms with van der Waals surface area (Å²) in [6.45, 7) is 1.64. The monoisotopic (exact) mass is 359 g/mol. The van der Waals surface area contributed by atoms with Gasteiger partial charge in [-0.05, 0) is 43.2 Å². The molecule has 7 nitrogen and oxygen atoms in total. The molecule has 3 atom stereocenters. The zero-order chi connectivity index (χ0) is 19.3. The Labute approximate surface area is 150 Å². The highest BCUT2D eigenvalue weighted by molar-refractivity contribution is 5.89. The van der Waals surface area contributed by atoms with Crippen LogP contribution in [0.15, 0.2) is 48.5 Å². The average Bonchev–Trinajstić information content (AvgIpc) is 2.62. The second-order valence-corrected chi connectivity index (χ2v) is 6.04. The summed E-state index contributed by atoms with van der Waals surface area (Å²) in [5.41, 5.74) is 6.61.